The van der Waals surface area contributed by atoms with E-state index in [9.17, 15) is 0 Å². The van der Waals surface area contributed by atoms with E-state index in [2.05, 4.69) is 11.2 Å². The molecule has 0 saturated heterocycles. The third-order valence-electron chi connectivity index (χ3n) is 3.92. The smallest absolute Gasteiger partial charge is 0.167 e. The van der Waals surface area contributed by atoms with Crippen LogP contribution in [0, 0.1) is 0 Å². The number of nitrogens with two attached hydrogens (primary N) is 1. The van der Waals surface area contributed by atoms with Crippen molar-refractivity contribution < 1.29 is 4.52 Å². The van der Waals surface area contributed by atoms with E-state index in [1.165, 1.54) is 31.2 Å². The summed E-state index contributed by atoms with van der Waals surface area (Å²) in [6.45, 7) is 0.720. The first-order chi connectivity index (χ1) is 7.86. The molecule has 0 atom stereocenters. The average Bonchev–Trinajstić information content (AvgIpc) is 2.98. The molecule has 3 nitrogen and oxygen atoms in total. The molecule has 1 aromatic heterocycles. The van der Waals surface area contributed by atoms with E-state index in [-0.39, 0.29) is 5.41 Å². The lowest BCUT2D eigenvalue weighted by Crippen LogP contribution is -2.32. The normalized spacial score (nSPS) is 19.3. The molecule has 84 valence electrons. The molecule has 2 aromatic rings. The maximum atomic E-state index is 6.01. The molecule has 16 heavy (non-hydrogen) atoms. The van der Waals surface area contributed by atoms with Crippen LogP contribution in [0.15, 0.2) is 28.9 Å². The Bertz CT molecular complexity index is 497. The average molecular weight is 216 g/mol. The predicted molar refractivity (Wildman–Crippen MR) is 63.2 cm³/mol. The van der Waals surface area contributed by atoms with Crippen molar-refractivity contribution in [2.45, 2.75) is 31.1 Å². The molecular weight excluding hydrogens is 200 g/mol. The first kappa shape index (κ1) is 9.85. The highest BCUT2D eigenvalue weighted by Gasteiger charge is 2.35. The number of aromatic nitrogens is 1. The lowest BCUT2D eigenvalue weighted by atomic mass is 9.77. The third kappa shape index (κ3) is 1.28. The van der Waals surface area contributed by atoms with Gasteiger partial charge in [0, 0.05) is 17.3 Å². The first-order valence-corrected chi connectivity index (χ1v) is 5.90. The molecule has 1 aromatic carbocycles. The number of benzene rings is 1. The SMILES string of the molecule is NCC1(c2cccc3oncc23)CCCC1. The van der Waals surface area contributed by atoms with E-state index in [0.29, 0.717) is 0 Å². The van der Waals surface area contributed by atoms with Gasteiger partial charge >= 0.3 is 0 Å². The van der Waals surface area contributed by atoms with Crippen LogP contribution in [-0.2, 0) is 5.41 Å². The second-order valence-corrected chi connectivity index (χ2v) is 4.73. The van der Waals surface area contributed by atoms with Gasteiger partial charge in [0.1, 0.15) is 0 Å². The molecule has 0 unspecified atom stereocenters. The summed E-state index contributed by atoms with van der Waals surface area (Å²) in [5.41, 5.74) is 8.37. The summed E-state index contributed by atoms with van der Waals surface area (Å²) in [4.78, 5) is 0. The van der Waals surface area contributed by atoms with E-state index in [1.807, 2.05) is 18.3 Å². The molecular formula is C13H16N2O. The first-order valence-electron chi connectivity index (χ1n) is 5.90. The van der Waals surface area contributed by atoms with Crippen molar-refractivity contribution in [2.24, 2.45) is 5.73 Å². The van der Waals surface area contributed by atoms with Gasteiger partial charge in [0.15, 0.2) is 5.58 Å². The molecule has 1 aliphatic carbocycles. The summed E-state index contributed by atoms with van der Waals surface area (Å²) in [6, 6.07) is 6.18. The van der Waals surface area contributed by atoms with Gasteiger partial charge in [-0.3, -0.25) is 0 Å². The van der Waals surface area contributed by atoms with Crippen LogP contribution in [0.4, 0.5) is 0 Å². The van der Waals surface area contributed by atoms with E-state index < -0.39 is 0 Å². The van der Waals surface area contributed by atoms with Gasteiger partial charge in [-0.1, -0.05) is 30.1 Å². The topological polar surface area (TPSA) is 52.0 Å². The van der Waals surface area contributed by atoms with Crippen LogP contribution in [0.2, 0.25) is 0 Å². The molecule has 1 saturated carbocycles. The van der Waals surface area contributed by atoms with E-state index in [1.54, 1.807) is 0 Å². The largest absolute Gasteiger partial charge is 0.356 e. The molecule has 1 aliphatic rings. The minimum atomic E-state index is 0.158. The maximum absolute atomic E-state index is 6.01. The van der Waals surface area contributed by atoms with Gasteiger partial charge in [-0.25, -0.2) is 0 Å². The highest BCUT2D eigenvalue weighted by atomic mass is 16.5. The molecule has 1 heterocycles. The lowest BCUT2D eigenvalue weighted by Gasteiger charge is -2.28. The Balaban J connectivity index is 2.20. The summed E-state index contributed by atoms with van der Waals surface area (Å²) in [6.07, 6.45) is 6.75. The molecule has 0 radical (unpaired) electrons. The van der Waals surface area contributed by atoms with Gasteiger partial charge in [0.25, 0.3) is 0 Å². The quantitative estimate of drug-likeness (QED) is 0.839. The van der Waals surface area contributed by atoms with Gasteiger partial charge in [-0.2, -0.15) is 0 Å². The van der Waals surface area contributed by atoms with E-state index >= 15 is 0 Å². The Morgan fingerprint density at radius 3 is 2.88 bits per heavy atom. The lowest BCUT2D eigenvalue weighted by molar-refractivity contribution is 0.452. The van der Waals surface area contributed by atoms with Gasteiger partial charge in [0.05, 0.1) is 6.20 Å². The van der Waals surface area contributed by atoms with Gasteiger partial charge < -0.3 is 10.3 Å². The van der Waals surface area contributed by atoms with Crippen molar-refractivity contribution in [1.82, 2.24) is 5.16 Å². The number of hydrogen-bond donors (Lipinski definition) is 1. The number of nitrogens with zero attached hydrogens (tertiary/aromatic N) is 1. The fraction of sp³-hybridized carbons (Fsp3) is 0.462. The fourth-order valence-corrected chi connectivity index (χ4v) is 2.99. The number of fused-ring (bicyclic) bond motifs is 1. The van der Waals surface area contributed by atoms with Crippen LogP contribution >= 0.6 is 0 Å². The predicted octanol–water partition coefficient (Wildman–Crippen LogP) is 2.60. The van der Waals surface area contributed by atoms with Crippen LogP contribution in [0.1, 0.15) is 31.2 Å². The molecule has 0 amide bonds. The molecule has 0 spiro atoms. The Kier molecular flexibility index (Phi) is 2.21. The zero-order valence-electron chi connectivity index (χ0n) is 9.28. The Morgan fingerprint density at radius 2 is 2.12 bits per heavy atom. The van der Waals surface area contributed by atoms with Crippen LogP contribution in [0.3, 0.4) is 0 Å². The summed E-state index contributed by atoms with van der Waals surface area (Å²) in [5, 5.41) is 5.02. The summed E-state index contributed by atoms with van der Waals surface area (Å²) >= 11 is 0. The van der Waals surface area contributed by atoms with E-state index in [0.717, 1.165) is 17.5 Å². The van der Waals surface area contributed by atoms with Crippen molar-refractivity contribution >= 4 is 11.0 Å². The van der Waals surface area contributed by atoms with E-state index in [4.69, 9.17) is 10.3 Å². The molecule has 3 heteroatoms. The highest BCUT2D eigenvalue weighted by Crippen LogP contribution is 2.42. The Hall–Kier alpha value is -1.35. The van der Waals surface area contributed by atoms with Crippen LogP contribution in [0.25, 0.3) is 11.0 Å². The standard InChI is InChI=1S/C13H16N2O/c14-9-13(6-1-2-7-13)11-4-3-5-12-10(11)8-15-16-12/h3-5,8H,1-2,6-7,9,14H2. The zero-order chi connectivity index (χ0) is 11.0. The number of hydrogen-bond acceptors (Lipinski definition) is 3. The molecule has 2 N–H and O–H groups in total. The van der Waals surface area contributed by atoms with Crippen LogP contribution < -0.4 is 5.73 Å². The summed E-state index contributed by atoms with van der Waals surface area (Å²) in [7, 11) is 0. The van der Waals surface area contributed by atoms with Crippen LogP contribution in [-0.4, -0.2) is 11.7 Å². The monoisotopic (exact) mass is 216 g/mol. The molecule has 0 aliphatic heterocycles. The number of rotatable bonds is 2. The summed E-state index contributed by atoms with van der Waals surface area (Å²) < 4.78 is 5.22. The van der Waals surface area contributed by atoms with Crippen molar-refractivity contribution in [2.75, 3.05) is 6.54 Å². The van der Waals surface area contributed by atoms with Crippen LogP contribution in [0.5, 0.6) is 0 Å². The van der Waals surface area contributed by atoms with Crippen molar-refractivity contribution in [3.63, 3.8) is 0 Å². The molecule has 0 bridgehead atoms. The Morgan fingerprint density at radius 1 is 1.31 bits per heavy atom. The third-order valence-corrected chi connectivity index (χ3v) is 3.92. The second-order valence-electron chi connectivity index (χ2n) is 4.73. The summed E-state index contributed by atoms with van der Waals surface area (Å²) in [5.74, 6) is 0. The fourth-order valence-electron chi connectivity index (χ4n) is 2.99. The zero-order valence-corrected chi connectivity index (χ0v) is 9.28. The van der Waals surface area contributed by atoms with Crippen molar-refractivity contribution in [3.05, 3.63) is 30.0 Å². The van der Waals surface area contributed by atoms with Gasteiger partial charge in [0.2, 0.25) is 0 Å². The molecule has 3 rings (SSSR count). The minimum Gasteiger partial charge on any atom is -0.356 e. The van der Waals surface area contributed by atoms with Gasteiger partial charge in [-0.15, -0.1) is 0 Å². The minimum absolute atomic E-state index is 0.158. The van der Waals surface area contributed by atoms with Crippen molar-refractivity contribution in [1.29, 1.82) is 0 Å². The van der Waals surface area contributed by atoms with Gasteiger partial charge in [-0.05, 0) is 24.5 Å². The Labute approximate surface area is 94.6 Å². The highest BCUT2D eigenvalue weighted by molar-refractivity contribution is 5.81. The maximum Gasteiger partial charge on any atom is 0.167 e. The second kappa shape index (κ2) is 3.59. The van der Waals surface area contributed by atoms with Crippen molar-refractivity contribution in [3.8, 4) is 0 Å². The molecule has 1 fully saturated rings.